The van der Waals surface area contributed by atoms with Crippen LogP contribution in [0.2, 0.25) is 5.02 Å². The highest BCUT2D eigenvalue weighted by molar-refractivity contribution is 6.31. The Balaban J connectivity index is 1.56. The third-order valence-corrected chi connectivity index (χ3v) is 6.07. The van der Waals surface area contributed by atoms with Gasteiger partial charge in [-0.05, 0) is 31.4 Å². The Labute approximate surface area is 161 Å². The number of piperazine rings is 1. The molecule has 2 amide bonds. The van der Waals surface area contributed by atoms with E-state index in [1.54, 1.807) is 13.2 Å². The Kier molecular flexibility index (Phi) is 6.65. The van der Waals surface area contributed by atoms with Crippen LogP contribution in [0.1, 0.15) is 44.1 Å². The number of hydrogen-bond acceptors (Lipinski definition) is 3. The summed E-state index contributed by atoms with van der Waals surface area (Å²) in [5, 5.41) is 3.62. The van der Waals surface area contributed by atoms with Gasteiger partial charge in [0.05, 0.1) is 12.8 Å². The van der Waals surface area contributed by atoms with Crippen LogP contribution in [0.4, 0.5) is 10.5 Å². The molecule has 2 fully saturated rings. The second-order valence-electron chi connectivity index (χ2n) is 7.40. The van der Waals surface area contributed by atoms with Crippen molar-refractivity contribution in [3.63, 3.8) is 0 Å². The summed E-state index contributed by atoms with van der Waals surface area (Å²) in [5.74, 6) is 0.589. The molecule has 1 aromatic rings. The number of nitrogens with one attached hydrogen (secondary N) is 1. The number of carbonyl (C=O) groups excluding carboxylic acids is 1. The molecule has 0 radical (unpaired) electrons. The van der Waals surface area contributed by atoms with Crippen LogP contribution < -0.4 is 10.1 Å². The Morgan fingerprint density at radius 2 is 1.77 bits per heavy atom. The van der Waals surface area contributed by atoms with Crippen molar-refractivity contribution in [1.29, 1.82) is 0 Å². The minimum atomic E-state index is -0.0643. The number of rotatable bonds is 3. The molecule has 3 rings (SSSR count). The lowest BCUT2D eigenvalue weighted by Gasteiger charge is -2.39. The van der Waals surface area contributed by atoms with E-state index >= 15 is 0 Å². The Bertz CT molecular complexity index is 622. The fourth-order valence-corrected chi connectivity index (χ4v) is 4.19. The molecule has 0 bridgehead atoms. The molecule has 0 atom stereocenters. The first kappa shape index (κ1) is 19.3. The highest BCUT2D eigenvalue weighted by atomic mass is 35.5. The summed E-state index contributed by atoms with van der Waals surface area (Å²) in [6.07, 6.45) is 8.07. The summed E-state index contributed by atoms with van der Waals surface area (Å²) < 4.78 is 5.35. The van der Waals surface area contributed by atoms with Crippen molar-refractivity contribution >= 4 is 23.3 Å². The van der Waals surface area contributed by atoms with Crippen molar-refractivity contribution < 1.29 is 9.53 Å². The molecule has 144 valence electrons. The first-order valence-electron chi connectivity index (χ1n) is 9.72. The van der Waals surface area contributed by atoms with Gasteiger partial charge in [-0.25, -0.2) is 4.79 Å². The van der Waals surface area contributed by atoms with Crippen LogP contribution in [0.3, 0.4) is 0 Å². The van der Waals surface area contributed by atoms with Crippen molar-refractivity contribution in [3.05, 3.63) is 22.7 Å². The van der Waals surface area contributed by atoms with Gasteiger partial charge in [-0.1, -0.05) is 37.3 Å². The van der Waals surface area contributed by atoms with Crippen LogP contribution in [-0.2, 0) is 0 Å². The lowest BCUT2D eigenvalue weighted by atomic mass is 10.1. The average Bonchev–Trinajstić information content (AvgIpc) is 2.94. The molecular formula is C20H30ClN3O2. The number of amides is 2. The Morgan fingerprint density at radius 3 is 2.38 bits per heavy atom. The van der Waals surface area contributed by atoms with Crippen LogP contribution in [0, 0.1) is 6.92 Å². The largest absolute Gasteiger partial charge is 0.495 e. The SMILES string of the molecule is COc1cc(Cl)c(C)cc1NC(=O)N1CCN(C2CCCCCC2)CC1. The number of ether oxygens (including phenoxy) is 1. The number of halogens is 1. The fraction of sp³-hybridized carbons (Fsp3) is 0.650. The standard InChI is InChI=1S/C20H30ClN3O2/c1-15-13-18(19(26-2)14-17(15)21)22-20(25)24-11-9-23(10-12-24)16-7-5-3-4-6-8-16/h13-14,16H,3-12H2,1-2H3,(H,22,25). The molecule has 1 heterocycles. The van der Waals surface area contributed by atoms with Gasteiger partial charge in [0.1, 0.15) is 5.75 Å². The third-order valence-electron chi connectivity index (χ3n) is 5.66. The number of aryl methyl sites for hydroxylation is 1. The van der Waals surface area contributed by atoms with Gasteiger partial charge in [0, 0.05) is 43.3 Å². The van der Waals surface area contributed by atoms with Gasteiger partial charge in [0.2, 0.25) is 0 Å². The molecule has 0 unspecified atom stereocenters. The van der Waals surface area contributed by atoms with Gasteiger partial charge < -0.3 is 15.0 Å². The zero-order valence-electron chi connectivity index (χ0n) is 15.9. The van der Waals surface area contributed by atoms with Crippen LogP contribution in [0.25, 0.3) is 0 Å². The molecule has 1 N–H and O–H groups in total. The fourth-order valence-electron chi connectivity index (χ4n) is 4.04. The van der Waals surface area contributed by atoms with Crippen molar-refractivity contribution in [2.45, 2.75) is 51.5 Å². The molecule has 1 saturated heterocycles. The molecular weight excluding hydrogens is 350 g/mol. The second-order valence-corrected chi connectivity index (χ2v) is 7.81. The summed E-state index contributed by atoms with van der Waals surface area (Å²) in [7, 11) is 1.59. The highest BCUT2D eigenvalue weighted by Gasteiger charge is 2.27. The normalized spacial score (nSPS) is 19.9. The van der Waals surface area contributed by atoms with Gasteiger partial charge >= 0.3 is 6.03 Å². The number of carbonyl (C=O) groups is 1. The van der Waals surface area contributed by atoms with Crippen molar-refractivity contribution in [1.82, 2.24) is 9.80 Å². The first-order chi connectivity index (χ1) is 12.6. The van der Waals surface area contributed by atoms with Crippen molar-refractivity contribution in [2.24, 2.45) is 0 Å². The van der Waals surface area contributed by atoms with Gasteiger partial charge in [0.25, 0.3) is 0 Å². The minimum absolute atomic E-state index is 0.0643. The summed E-state index contributed by atoms with van der Waals surface area (Å²) in [6, 6.07) is 4.25. The first-order valence-corrected chi connectivity index (χ1v) is 10.1. The van der Waals surface area contributed by atoms with E-state index in [-0.39, 0.29) is 6.03 Å². The number of urea groups is 1. The number of hydrogen-bond donors (Lipinski definition) is 1. The average molecular weight is 380 g/mol. The summed E-state index contributed by atoms with van der Waals surface area (Å²) in [5.41, 5.74) is 1.59. The maximum Gasteiger partial charge on any atom is 0.322 e. The van der Waals surface area contributed by atoms with E-state index in [2.05, 4.69) is 10.2 Å². The molecule has 1 saturated carbocycles. The van der Waals surface area contributed by atoms with E-state index in [0.29, 0.717) is 22.5 Å². The number of nitrogens with zero attached hydrogens (tertiary/aromatic N) is 2. The smallest absolute Gasteiger partial charge is 0.322 e. The van der Waals surface area contributed by atoms with Crippen molar-refractivity contribution in [3.8, 4) is 5.75 Å². The molecule has 0 spiro atoms. The molecule has 1 aliphatic heterocycles. The summed E-state index contributed by atoms with van der Waals surface area (Å²) in [4.78, 5) is 17.2. The second kappa shape index (κ2) is 8.96. The Morgan fingerprint density at radius 1 is 1.12 bits per heavy atom. The van der Waals surface area contributed by atoms with Crippen molar-refractivity contribution in [2.75, 3.05) is 38.6 Å². The van der Waals surface area contributed by atoms with Crippen LogP contribution in [0.15, 0.2) is 12.1 Å². The number of methoxy groups -OCH3 is 1. The Hall–Kier alpha value is -1.46. The maximum atomic E-state index is 12.7. The monoisotopic (exact) mass is 379 g/mol. The van der Waals surface area contributed by atoms with Crippen LogP contribution in [0.5, 0.6) is 5.75 Å². The van der Waals surface area contributed by atoms with Crippen LogP contribution >= 0.6 is 11.6 Å². The summed E-state index contributed by atoms with van der Waals surface area (Å²) in [6.45, 7) is 5.40. The third kappa shape index (κ3) is 4.63. The van der Waals surface area contributed by atoms with E-state index in [9.17, 15) is 4.79 Å². The quantitative estimate of drug-likeness (QED) is 0.785. The highest BCUT2D eigenvalue weighted by Crippen LogP contribution is 2.31. The van der Waals surface area contributed by atoms with Gasteiger partial charge in [-0.2, -0.15) is 0 Å². The van der Waals surface area contributed by atoms with Crippen LogP contribution in [-0.4, -0.2) is 55.2 Å². The van der Waals surface area contributed by atoms with Gasteiger partial charge in [-0.15, -0.1) is 0 Å². The van der Waals surface area contributed by atoms with E-state index < -0.39 is 0 Å². The van der Waals surface area contributed by atoms with E-state index in [1.807, 2.05) is 17.9 Å². The molecule has 5 nitrogen and oxygen atoms in total. The maximum absolute atomic E-state index is 12.7. The predicted molar refractivity (Wildman–Crippen MR) is 106 cm³/mol. The zero-order valence-corrected chi connectivity index (χ0v) is 16.6. The van der Waals surface area contributed by atoms with E-state index in [0.717, 1.165) is 31.7 Å². The number of benzene rings is 1. The van der Waals surface area contributed by atoms with Gasteiger partial charge in [-0.3, -0.25) is 4.90 Å². The topological polar surface area (TPSA) is 44.8 Å². The lowest BCUT2D eigenvalue weighted by Crippen LogP contribution is -2.52. The summed E-state index contributed by atoms with van der Waals surface area (Å²) >= 11 is 6.14. The van der Waals surface area contributed by atoms with Gasteiger partial charge in [0.15, 0.2) is 0 Å². The van der Waals surface area contributed by atoms with E-state index in [1.165, 1.54) is 38.5 Å². The minimum Gasteiger partial charge on any atom is -0.495 e. The molecule has 6 heteroatoms. The number of anilines is 1. The molecule has 1 aliphatic carbocycles. The molecule has 1 aromatic carbocycles. The molecule has 0 aromatic heterocycles. The van der Waals surface area contributed by atoms with E-state index in [4.69, 9.17) is 16.3 Å². The molecule has 26 heavy (non-hydrogen) atoms. The predicted octanol–water partition coefficient (Wildman–Crippen LogP) is 4.53. The lowest BCUT2D eigenvalue weighted by molar-refractivity contribution is 0.105. The zero-order chi connectivity index (χ0) is 18.5. The molecule has 2 aliphatic rings.